The van der Waals surface area contributed by atoms with Crippen LogP contribution in [0.15, 0.2) is 53.3 Å². The van der Waals surface area contributed by atoms with Crippen molar-refractivity contribution < 1.29 is 8.91 Å². The molecule has 4 aromatic rings. The van der Waals surface area contributed by atoms with Gasteiger partial charge in [-0.15, -0.1) is 0 Å². The van der Waals surface area contributed by atoms with Gasteiger partial charge in [0.1, 0.15) is 11.6 Å². The summed E-state index contributed by atoms with van der Waals surface area (Å²) < 4.78 is 20.7. The minimum atomic E-state index is -0.257. The summed E-state index contributed by atoms with van der Waals surface area (Å²) in [5.74, 6) is 2.55. The number of rotatable bonds is 3. The molecule has 0 aliphatic heterocycles. The molecule has 0 unspecified atom stereocenters. The predicted molar refractivity (Wildman–Crippen MR) is 130 cm³/mol. The highest BCUT2D eigenvalue weighted by Gasteiger charge is 2.50. The van der Waals surface area contributed by atoms with E-state index in [4.69, 9.17) is 19.5 Å². The first-order valence-electron chi connectivity index (χ1n) is 12.6. The fraction of sp³-hybridized carbons (Fsp3) is 0.379. The smallest absolute Gasteiger partial charge is 0.161 e. The number of benzene rings is 1. The van der Waals surface area contributed by atoms with Crippen molar-refractivity contribution in [2.45, 2.75) is 63.2 Å². The third-order valence-electron chi connectivity index (χ3n) is 8.49. The van der Waals surface area contributed by atoms with E-state index in [0.29, 0.717) is 28.9 Å². The molecular formula is C29H27FN4O. The summed E-state index contributed by atoms with van der Waals surface area (Å²) in [7, 11) is 0. The van der Waals surface area contributed by atoms with Gasteiger partial charge in [0.25, 0.3) is 0 Å². The van der Waals surface area contributed by atoms with E-state index in [2.05, 4.69) is 31.1 Å². The highest BCUT2D eigenvalue weighted by molar-refractivity contribution is 5.69. The molecule has 0 saturated heterocycles. The molecule has 3 atom stereocenters. The number of hydrogen-bond donors (Lipinski definition) is 0. The first-order valence-corrected chi connectivity index (χ1v) is 12.6. The summed E-state index contributed by atoms with van der Waals surface area (Å²) in [6.07, 6.45) is 8.75. The van der Waals surface area contributed by atoms with E-state index in [1.807, 2.05) is 24.5 Å². The average molecular weight is 467 g/mol. The maximum atomic E-state index is 15.1. The van der Waals surface area contributed by atoms with Crippen LogP contribution < -0.4 is 0 Å². The van der Waals surface area contributed by atoms with Crippen molar-refractivity contribution in [3.63, 3.8) is 0 Å². The first-order chi connectivity index (χ1) is 17.0. The molecule has 3 aliphatic rings. The Morgan fingerprint density at radius 3 is 2.66 bits per heavy atom. The van der Waals surface area contributed by atoms with Crippen LogP contribution in [-0.4, -0.2) is 20.1 Å². The number of nitrogens with zero attached hydrogens (tertiary/aromatic N) is 4. The molecule has 0 radical (unpaired) electrons. The molecule has 3 aromatic heterocycles. The van der Waals surface area contributed by atoms with Crippen molar-refractivity contribution in [3.05, 3.63) is 82.9 Å². The Balaban J connectivity index is 1.44. The lowest BCUT2D eigenvalue weighted by Crippen LogP contribution is -2.45. The van der Waals surface area contributed by atoms with Gasteiger partial charge in [-0.2, -0.15) is 0 Å². The fourth-order valence-electron chi connectivity index (χ4n) is 6.52. The molecular weight excluding hydrogens is 439 g/mol. The SMILES string of the molecule is C[C@H]1c2oncc2C[C@@]2(C)c3nc(-c4ccc(C5CC5)nc4)nc(-c4ccccc4F)c3CC[C@H]12. The number of fused-ring (bicyclic) bond motifs is 4. The Hall–Kier alpha value is -3.41. The monoisotopic (exact) mass is 466 g/mol. The second kappa shape index (κ2) is 7.54. The molecule has 35 heavy (non-hydrogen) atoms. The molecule has 1 fully saturated rings. The zero-order chi connectivity index (χ0) is 23.7. The molecule has 3 heterocycles. The molecule has 176 valence electrons. The summed E-state index contributed by atoms with van der Waals surface area (Å²) in [4.78, 5) is 14.9. The summed E-state index contributed by atoms with van der Waals surface area (Å²) in [5.41, 5.74) is 6.26. The van der Waals surface area contributed by atoms with E-state index in [1.54, 1.807) is 6.07 Å². The first kappa shape index (κ1) is 20.9. The molecule has 0 amide bonds. The minimum absolute atomic E-state index is 0.218. The average Bonchev–Trinajstić information content (AvgIpc) is 3.62. The predicted octanol–water partition coefficient (Wildman–Crippen LogP) is 6.39. The van der Waals surface area contributed by atoms with Crippen LogP contribution in [0.1, 0.15) is 73.2 Å². The van der Waals surface area contributed by atoms with Crippen LogP contribution in [0.4, 0.5) is 4.39 Å². The van der Waals surface area contributed by atoms with Gasteiger partial charge in [0.15, 0.2) is 5.82 Å². The van der Waals surface area contributed by atoms with Gasteiger partial charge in [-0.3, -0.25) is 4.98 Å². The maximum Gasteiger partial charge on any atom is 0.161 e. The van der Waals surface area contributed by atoms with E-state index in [9.17, 15) is 0 Å². The Bertz CT molecular complexity index is 1440. The lowest BCUT2D eigenvalue weighted by molar-refractivity contribution is 0.172. The molecule has 1 aromatic carbocycles. The Kier molecular flexibility index (Phi) is 4.51. The van der Waals surface area contributed by atoms with Crippen molar-refractivity contribution in [1.82, 2.24) is 20.1 Å². The third-order valence-corrected chi connectivity index (χ3v) is 8.49. The fourth-order valence-corrected chi connectivity index (χ4v) is 6.52. The van der Waals surface area contributed by atoms with Crippen LogP contribution in [0.3, 0.4) is 0 Å². The van der Waals surface area contributed by atoms with E-state index >= 15 is 4.39 Å². The number of pyridine rings is 1. The van der Waals surface area contributed by atoms with Gasteiger partial charge in [0, 0.05) is 51.4 Å². The molecule has 0 N–H and O–H groups in total. The van der Waals surface area contributed by atoms with Crippen molar-refractivity contribution in [3.8, 4) is 22.6 Å². The van der Waals surface area contributed by atoms with Crippen LogP contribution in [0.25, 0.3) is 22.6 Å². The molecule has 1 saturated carbocycles. The molecule has 5 nitrogen and oxygen atoms in total. The van der Waals surface area contributed by atoms with Crippen LogP contribution in [-0.2, 0) is 18.3 Å². The van der Waals surface area contributed by atoms with E-state index in [0.717, 1.165) is 53.1 Å². The number of halogens is 1. The molecule has 0 spiro atoms. The van der Waals surface area contributed by atoms with Gasteiger partial charge in [0.05, 0.1) is 17.6 Å². The van der Waals surface area contributed by atoms with Gasteiger partial charge in [-0.05, 0) is 62.3 Å². The molecule has 3 aliphatic carbocycles. The van der Waals surface area contributed by atoms with Crippen molar-refractivity contribution in [1.29, 1.82) is 0 Å². The second-order valence-electron chi connectivity index (χ2n) is 10.7. The Labute approximate surface area is 203 Å². The Morgan fingerprint density at radius 2 is 1.89 bits per heavy atom. The standard InChI is InChI=1S/C29H27FN4O/c1-16-22-11-10-21-25(20-5-3-4-6-23(20)30)33-28(18-9-12-24(31-14-18)17-7-8-17)34-27(21)29(22,2)13-19-15-32-35-26(16)19/h3-6,9,12,14-17,22H,7-8,10-11,13H2,1-2H3/t16-,22-,29-/m1/s1. The van der Waals surface area contributed by atoms with Crippen LogP contribution in [0.2, 0.25) is 0 Å². The van der Waals surface area contributed by atoms with E-state index in [1.165, 1.54) is 18.9 Å². The number of aromatic nitrogens is 4. The largest absolute Gasteiger partial charge is 0.361 e. The van der Waals surface area contributed by atoms with Crippen molar-refractivity contribution in [2.24, 2.45) is 5.92 Å². The summed E-state index contributed by atoms with van der Waals surface area (Å²) in [6.45, 7) is 4.54. The lowest BCUT2D eigenvalue weighted by atomic mass is 9.56. The molecule has 7 rings (SSSR count). The van der Waals surface area contributed by atoms with Gasteiger partial charge in [-0.1, -0.05) is 31.1 Å². The summed E-state index contributed by atoms with van der Waals surface area (Å²) in [5, 5.41) is 4.10. The zero-order valence-electron chi connectivity index (χ0n) is 20.0. The maximum absolute atomic E-state index is 15.1. The van der Waals surface area contributed by atoms with Crippen LogP contribution in [0.5, 0.6) is 0 Å². The van der Waals surface area contributed by atoms with Crippen LogP contribution in [0, 0.1) is 11.7 Å². The van der Waals surface area contributed by atoms with E-state index < -0.39 is 0 Å². The van der Waals surface area contributed by atoms with Crippen molar-refractivity contribution >= 4 is 0 Å². The normalized spacial score (nSPS) is 25.0. The minimum Gasteiger partial charge on any atom is -0.361 e. The molecule has 6 heteroatoms. The van der Waals surface area contributed by atoms with Gasteiger partial charge < -0.3 is 4.52 Å². The van der Waals surface area contributed by atoms with Gasteiger partial charge in [-0.25, -0.2) is 14.4 Å². The van der Waals surface area contributed by atoms with Crippen molar-refractivity contribution in [2.75, 3.05) is 0 Å². The van der Waals surface area contributed by atoms with E-state index in [-0.39, 0.29) is 17.2 Å². The number of hydrogen-bond acceptors (Lipinski definition) is 5. The molecule has 0 bridgehead atoms. The second-order valence-corrected chi connectivity index (χ2v) is 10.7. The summed E-state index contributed by atoms with van der Waals surface area (Å²) in [6, 6.07) is 11.1. The van der Waals surface area contributed by atoms with Crippen LogP contribution >= 0.6 is 0 Å². The third kappa shape index (κ3) is 3.19. The lowest BCUT2D eigenvalue weighted by Gasteiger charge is -2.47. The van der Waals surface area contributed by atoms with Gasteiger partial charge in [0.2, 0.25) is 0 Å². The quantitative estimate of drug-likeness (QED) is 0.350. The zero-order valence-corrected chi connectivity index (χ0v) is 20.0. The summed E-state index contributed by atoms with van der Waals surface area (Å²) >= 11 is 0. The Morgan fingerprint density at radius 1 is 1.03 bits per heavy atom. The highest BCUT2D eigenvalue weighted by atomic mass is 19.1. The van der Waals surface area contributed by atoms with Gasteiger partial charge >= 0.3 is 0 Å². The topological polar surface area (TPSA) is 64.7 Å². The highest BCUT2D eigenvalue weighted by Crippen LogP contribution is 2.54.